The molecular formula is C67H57NO11Si. The topological polar surface area (TPSA) is 150 Å². The van der Waals surface area contributed by atoms with Crippen molar-refractivity contribution in [3.8, 4) is 39.1 Å². The first-order valence-electron chi connectivity index (χ1n) is 26.3. The largest absolute Gasteiger partial charge is 0.461 e. The van der Waals surface area contributed by atoms with Gasteiger partial charge in [0.2, 0.25) is 12.4 Å². The maximum atomic E-state index is 14.9. The molecule has 0 bridgehead atoms. The molecule has 1 aliphatic heterocycles. The lowest BCUT2D eigenvalue weighted by molar-refractivity contribution is -0.384. The van der Waals surface area contributed by atoms with E-state index in [1.807, 2.05) is 164 Å². The molecule has 12 nitrogen and oxygen atoms in total. The van der Waals surface area contributed by atoms with Gasteiger partial charge in [0.25, 0.3) is 14.0 Å². The minimum absolute atomic E-state index is 0.0936. The second-order valence-electron chi connectivity index (χ2n) is 20.3. The summed E-state index contributed by atoms with van der Waals surface area (Å²) in [7, 11) is -3.39. The van der Waals surface area contributed by atoms with Crippen molar-refractivity contribution in [2.45, 2.75) is 56.5 Å². The first-order chi connectivity index (χ1) is 38.8. The summed E-state index contributed by atoms with van der Waals surface area (Å²) in [5, 5.41) is 13.2. The van der Waals surface area contributed by atoms with Crippen molar-refractivity contribution in [2.75, 3.05) is 6.61 Å². The Balaban J connectivity index is 1.10. The average molecular weight is 1080 g/mol. The fourth-order valence-corrected chi connectivity index (χ4v) is 14.7. The van der Waals surface area contributed by atoms with Crippen LogP contribution in [0.5, 0.6) is 5.75 Å². The fraction of sp³-hybridized carbons (Fsp3) is 0.149. The molecule has 0 aromatic heterocycles. The molecule has 0 amide bonds. The maximum absolute atomic E-state index is 14.9. The summed E-state index contributed by atoms with van der Waals surface area (Å²) in [5.74, 6) is -2.37. The van der Waals surface area contributed by atoms with Crippen LogP contribution in [0.1, 0.15) is 51.8 Å². The van der Waals surface area contributed by atoms with Crippen LogP contribution < -0.4 is 15.1 Å². The number of non-ortho nitro benzene ring substituents is 1. The van der Waals surface area contributed by atoms with E-state index in [9.17, 15) is 24.5 Å². The molecule has 13 heteroatoms. The lowest BCUT2D eigenvalue weighted by atomic mass is 9.97. The van der Waals surface area contributed by atoms with Crippen LogP contribution in [0.2, 0.25) is 5.04 Å². The molecule has 1 aliphatic rings. The molecule has 0 unspecified atom stereocenters. The van der Waals surface area contributed by atoms with Crippen molar-refractivity contribution in [1.82, 2.24) is 0 Å². The molecule has 10 rings (SSSR count). The Morgan fingerprint density at radius 2 is 0.787 bits per heavy atom. The molecule has 80 heavy (non-hydrogen) atoms. The van der Waals surface area contributed by atoms with Gasteiger partial charge in [0.15, 0.2) is 12.2 Å². The van der Waals surface area contributed by atoms with Crippen LogP contribution in [0, 0.1) is 10.1 Å². The third kappa shape index (κ3) is 12.1. The summed E-state index contributed by atoms with van der Waals surface area (Å²) in [4.78, 5) is 55.9. The van der Waals surface area contributed by atoms with E-state index >= 15 is 0 Å². The third-order valence-electron chi connectivity index (χ3n) is 14.2. The van der Waals surface area contributed by atoms with Gasteiger partial charge in [0.1, 0.15) is 11.9 Å². The molecule has 0 saturated carbocycles. The molecule has 5 atom stereocenters. The number of nitro benzene ring substituents is 1. The quantitative estimate of drug-likeness (QED) is 0.0282. The van der Waals surface area contributed by atoms with Crippen LogP contribution in [0.3, 0.4) is 0 Å². The average Bonchev–Trinajstić information content (AvgIpc) is 3.57. The van der Waals surface area contributed by atoms with Gasteiger partial charge in [-0.25, -0.2) is 14.4 Å². The van der Waals surface area contributed by atoms with Gasteiger partial charge in [-0.2, -0.15) is 0 Å². The van der Waals surface area contributed by atoms with E-state index in [1.54, 1.807) is 60.7 Å². The molecule has 9 aromatic rings. The van der Waals surface area contributed by atoms with Crippen molar-refractivity contribution in [3.63, 3.8) is 0 Å². The number of hydrogen-bond acceptors (Lipinski definition) is 11. The van der Waals surface area contributed by atoms with Crippen molar-refractivity contribution in [1.29, 1.82) is 0 Å². The van der Waals surface area contributed by atoms with Gasteiger partial charge in [-0.3, -0.25) is 10.1 Å². The molecule has 1 fully saturated rings. The van der Waals surface area contributed by atoms with Crippen molar-refractivity contribution < 1.29 is 47.4 Å². The first-order valence-corrected chi connectivity index (χ1v) is 28.2. The second-order valence-corrected chi connectivity index (χ2v) is 24.6. The van der Waals surface area contributed by atoms with E-state index in [1.165, 1.54) is 24.3 Å². The molecule has 0 spiro atoms. The zero-order valence-corrected chi connectivity index (χ0v) is 45.2. The first kappa shape index (κ1) is 54.1. The Morgan fingerprint density at radius 3 is 1.15 bits per heavy atom. The Labute approximate surface area is 465 Å². The number of nitro groups is 1. The van der Waals surface area contributed by atoms with Crippen LogP contribution in [0.4, 0.5) is 5.69 Å². The minimum atomic E-state index is -3.39. The second kappa shape index (κ2) is 24.2. The molecule has 9 aromatic carbocycles. The number of carbonyl (C=O) groups is 3. The van der Waals surface area contributed by atoms with Gasteiger partial charge in [-0.1, -0.05) is 209 Å². The Morgan fingerprint density at radius 1 is 0.450 bits per heavy atom. The maximum Gasteiger partial charge on any atom is 0.338 e. The lowest BCUT2D eigenvalue weighted by Gasteiger charge is -2.47. The number of nitrogens with zero attached hydrogens (tertiary/aromatic N) is 1. The van der Waals surface area contributed by atoms with E-state index in [2.05, 4.69) is 20.8 Å². The third-order valence-corrected chi connectivity index (χ3v) is 19.2. The molecule has 0 aliphatic carbocycles. The zero-order chi connectivity index (χ0) is 55.6. The molecule has 1 heterocycles. The van der Waals surface area contributed by atoms with E-state index in [4.69, 9.17) is 28.1 Å². The van der Waals surface area contributed by atoms with Crippen molar-refractivity contribution in [2.24, 2.45) is 0 Å². The predicted octanol–water partition coefficient (Wildman–Crippen LogP) is 13.0. The normalized spacial score (nSPS) is 17.1. The Bertz CT molecular complexity index is 3490. The van der Waals surface area contributed by atoms with Crippen LogP contribution in [0.25, 0.3) is 33.4 Å². The summed E-state index contributed by atoms with van der Waals surface area (Å²) in [5.41, 5.74) is 5.62. The van der Waals surface area contributed by atoms with E-state index < -0.39 is 66.9 Å². The standard InChI is InChI=1S/C67H57NO11Si/c1-67(2,3)80(57-25-15-7-16-26-57,58-27-17-8-18-28-58)74-45-59-60(77-63(69)52-35-29-49(30-36-52)46-19-9-4-10-20-46)61(78-64(70)53-37-31-50(32-38-53)47-21-11-5-12-22-47)62(66(76-59)75-56-43-41-55(42-44-56)68(72)73)79-65(71)54-39-33-51(34-40-54)48-23-13-6-14-24-48/h4-44,59-62,66H,45H2,1-3H3/t59-,60+,61+,62-,66-/m1/s1. The SMILES string of the molecule is CC(C)(C)[Si](OC[C@H]1O[C@@H](Oc2ccc([N+](=O)[O-])cc2)[C@H](OC(=O)c2ccc(-c3ccccc3)cc2)[C@@H](OC(=O)c2ccc(-c3ccccc3)cc2)[C@H]1OC(=O)c1ccc(-c2ccccc2)cc1)(c1ccccc1)c1ccccc1. The van der Waals surface area contributed by atoms with E-state index in [0.717, 1.165) is 43.8 Å². The Kier molecular flexibility index (Phi) is 16.3. The van der Waals surface area contributed by atoms with Gasteiger partial charge in [0.05, 0.1) is 28.2 Å². The highest BCUT2D eigenvalue weighted by molar-refractivity contribution is 6.99. The number of carbonyl (C=O) groups excluding carboxylic acids is 3. The number of ether oxygens (including phenoxy) is 5. The van der Waals surface area contributed by atoms with Gasteiger partial charge in [0, 0.05) is 12.1 Å². The monoisotopic (exact) mass is 1080 g/mol. The summed E-state index contributed by atoms with van der Waals surface area (Å²) >= 11 is 0. The Hall–Kier alpha value is -9.27. The molecule has 0 N–H and O–H groups in total. The number of hydrogen-bond donors (Lipinski definition) is 0. The summed E-state index contributed by atoms with van der Waals surface area (Å²) in [6.45, 7) is 6.09. The highest BCUT2D eigenvalue weighted by Gasteiger charge is 2.56. The van der Waals surface area contributed by atoms with Gasteiger partial charge >= 0.3 is 17.9 Å². The van der Waals surface area contributed by atoms with Crippen LogP contribution in [-0.2, 0) is 23.4 Å². The van der Waals surface area contributed by atoms with Crippen LogP contribution in [0.15, 0.2) is 249 Å². The minimum Gasteiger partial charge on any atom is -0.461 e. The van der Waals surface area contributed by atoms with Crippen molar-refractivity contribution in [3.05, 3.63) is 276 Å². The summed E-state index contributed by atoms with van der Waals surface area (Å²) < 4.78 is 40.8. The zero-order valence-electron chi connectivity index (χ0n) is 44.2. The lowest BCUT2D eigenvalue weighted by Crippen LogP contribution is -2.69. The van der Waals surface area contributed by atoms with E-state index in [0.29, 0.717) is 0 Å². The molecule has 400 valence electrons. The van der Waals surface area contributed by atoms with Crippen LogP contribution in [-0.4, -0.2) is 68.5 Å². The van der Waals surface area contributed by atoms with E-state index in [-0.39, 0.29) is 34.7 Å². The smallest absolute Gasteiger partial charge is 0.338 e. The van der Waals surface area contributed by atoms with Gasteiger partial charge in [-0.05, 0) is 97.3 Å². The highest BCUT2D eigenvalue weighted by atomic mass is 28.4. The highest BCUT2D eigenvalue weighted by Crippen LogP contribution is 2.39. The van der Waals surface area contributed by atoms with Crippen LogP contribution >= 0.6 is 0 Å². The van der Waals surface area contributed by atoms with Gasteiger partial charge < -0.3 is 28.1 Å². The predicted molar refractivity (Wildman–Crippen MR) is 309 cm³/mol. The number of esters is 3. The molecule has 0 radical (unpaired) electrons. The number of benzene rings is 9. The fourth-order valence-electron chi connectivity index (χ4n) is 10.1. The summed E-state index contributed by atoms with van der Waals surface area (Å²) in [6.07, 6.45) is -7.78. The number of rotatable bonds is 17. The molecular weight excluding hydrogens is 1020 g/mol. The van der Waals surface area contributed by atoms with Crippen molar-refractivity contribution >= 4 is 42.3 Å². The summed E-state index contributed by atoms with van der Waals surface area (Å²) in [6, 6.07) is 74.8. The van der Waals surface area contributed by atoms with Gasteiger partial charge in [-0.15, -0.1) is 0 Å². The molecule has 1 saturated heterocycles.